The number of fused-ring (bicyclic) bond motifs is 1. The van der Waals surface area contributed by atoms with E-state index in [9.17, 15) is 14.7 Å². The number of amides is 1. The van der Waals surface area contributed by atoms with Gasteiger partial charge in [-0.2, -0.15) is 0 Å². The van der Waals surface area contributed by atoms with E-state index in [1.807, 2.05) is 39.0 Å². The summed E-state index contributed by atoms with van der Waals surface area (Å²) in [6, 6.07) is 17.2. The summed E-state index contributed by atoms with van der Waals surface area (Å²) in [5.74, 6) is -1.04. The van der Waals surface area contributed by atoms with Crippen LogP contribution in [0, 0.1) is 13.8 Å². The normalized spacial score (nSPS) is 17.2. The number of ketones is 1. The zero-order chi connectivity index (χ0) is 25.6. The molecule has 1 amide bonds. The average Bonchev–Trinajstić information content (AvgIpc) is 3.38. The monoisotopic (exact) mass is 518 g/mol. The van der Waals surface area contributed by atoms with Crippen LogP contribution in [0.15, 0.2) is 66.2 Å². The van der Waals surface area contributed by atoms with Gasteiger partial charge in [0.2, 0.25) is 0 Å². The van der Waals surface area contributed by atoms with Crippen molar-refractivity contribution in [3.63, 3.8) is 0 Å². The topological polar surface area (TPSA) is 79.7 Å². The van der Waals surface area contributed by atoms with E-state index in [2.05, 4.69) is 4.98 Å². The third kappa shape index (κ3) is 4.14. The van der Waals surface area contributed by atoms with Crippen LogP contribution in [0.25, 0.3) is 16.0 Å². The molecule has 4 aromatic rings. The number of benzene rings is 3. The first-order valence-electron chi connectivity index (χ1n) is 11.5. The number of hydrogen-bond acceptors (Lipinski definition) is 6. The fourth-order valence-electron chi connectivity index (χ4n) is 4.38. The lowest BCUT2D eigenvalue weighted by atomic mass is 9.93. The van der Waals surface area contributed by atoms with Gasteiger partial charge in [0.1, 0.15) is 11.5 Å². The number of aromatic nitrogens is 1. The third-order valence-corrected chi connectivity index (χ3v) is 7.40. The maximum absolute atomic E-state index is 13.4. The van der Waals surface area contributed by atoms with Gasteiger partial charge in [-0.25, -0.2) is 4.98 Å². The van der Waals surface area contributed by atoms with Crippen molar-refractivity contribution >= 4 is 55.7 Å². The minimum Gasteiger partial charge on any atom is -0.507 e. The Morgan fingerprint density at radius 2 is 1.83 bits per heavy atom. The van der Waals surface area contributed by atoms with Gasteiger partial charge in [0.25, 0.3) is 5.78 Å². The molecule has 1 aromatic heterocycles. The summed E-state index contributed by atoms with van der Waals surface area (Å²) >= 11 is 7.42. The van der Waals surface area contributed by atoms with Gasteiger partial charge in [-0.1, -0.05) is 52.8 Å². The van der Waals surface area contributed by atoms with Crippen LogP contribution in [-0.4, -0.2) is 28.4 Å². The molecule has 2 heterocycles. The number of aliphatic hydroxyl groups is 1. The van der Waals surface area contributed by atoms with Gasteiger partial charge < -0.3 is 9.84 Å². The zero-order valence-electron chi connectivity index (χ0n) is 19.9. The minimum absolute atomic E-state index is 0.0233. The summed E-state index contributed by atoms with van der Waals surface area (Å²) in [4.78, 5) is 32.9. The number of ether oxygens (including phenoxy) is 1. The maximum Gasteiger partial charge on any atom is 0.301 e. The second-order valence-electron chi connectivity index (χ2n) is 8.60. The van der Waals surface area contributed by atoms with Crippen molar-refractivity contribution in [3.8, 4) is 5.75 Å². The van der Waals surface area contributed by atoms with E-state index in [4.69, 9.17) is 16.3 Å². The fraction of sp³-hybridized carbons (Fsp3) is 0.179. The van der Waals surface area contributed by atoms with Crippen LogP contribution in [0.3, 0.4) is 0 Å². The molecule has 0 spiro atoms. The van der Waals surface area contributed by atoms with Crippen molar-refractivity contribution in [2.45, 2.75) is 26.8 Å². The number of aryl methyl sites for hydroxylation is 2. The molecule has 1 aliphatic heterocycles. The summed E-state index contributed by atoms with van der Waals surface area (Å²) in [5, 5.41) is 12.4. The van der Waals surface area contributed by atoms with E-state index in [1.165, 1.54) is 16.2 Å². The number of anilines is 1. The molecule has 6 nitrogen and oxygen atoms in total. The second kappa shape index (κ2) is 9.41. The van der Waals surface area contributed by atoms with Gasteiger partial charge in [-0.15, -0.1) is 0 Å². The molecule has 1 unspecified atom stereocenters. The highest BCUT2D eigenvalue weighted by molar-refractivity contribution is 7.22. The van der Waals surface area contributed by atoms with E-state index in [0.29, 0.717) is 39.2 Å². The van der Waals surface area contributed by atoms with E-state index in [0.717, 1.165) is 15.8 Å². The van der Waals surface area contributed by atoms with Crippen molar-refractivity contribution in [1.29, 1.82) is 0 Å². The van der Waals surface area contributed by atoms with Crippen LogP contribution in [0.2, 0.25) is 5.02 Å². The molecule has 0 bridgehead atoms. The van der Waals surface area contributed by atoms with Gasteiger partial charge in [-0.05, 0) is 68.3 Å². The number of carbonyl (C=O) groups is 2. The van der Waals surface area contributed by atoms with Crippen molar-refractivity contribution in [3.05, 3.63) is 93.5 Å². The molecule has 0 aliphatic carbocycles. The van der Waals surface area contributed by atoms with Crippen molar-refractivity contribution in [2.75, 3.05) is 11.5 Å². The van der Waals surface area contributed by atoms with Gasteiger partial charge in [0, 0.05) is 10.6 Å². The predicted molar refractivity (Wildman–Crippen MR) is 143 cm³/mol. The van der Waals surface area contributed by atoms with Crippen LogP contribution in [0.4, 0.5) is 5.13 Å². The molecule has 1 N–H and O–H groups in total. The summed E-state index contributed by atoms with van der Waals surface area (Å²) in [6.45, 7) is 6.17. The Labute approximate surface area is 217 Å². The molecule has 1 fully saturated rings. The van der Waals surface area contributed by atoms with Crippen LogP contribution >= 0.6 is 22.9 Å². The molecule has 36 heavy (non-hydrogen) atoms. The third-order valence-electron chi connectivity index (χ3n) is 6.14. The Kier molecular flexibility index (Phi) is 6.28. The standard InChI is InChI=1S/C28H23ClN2O4S/c1-4-35-19-10-7-17(8-11-19)24-23(25(32)20-13-15(2)5-6-16(20)3)26(33)27(34)31(24)28-30-21-12-9-18(29)14-22(21)36-28/h5-14,24,32H,4H2,1-3H3. The Morgan fingerprint density at radius 1 is 1.08 bits per heavy atom. The lowest BCUT2D eigenvalue weighted by Gasteiger charge is -2.23. The number of nitrogens with zero attached hydrogens (tertiary/aromatic N) is 2. The molecule has 1 saturated heterocycles. The molecule has 5 rings (SSSR count). The maximum atomic E-state index is 13.4. The summed E-state index contributed by atoms with van der Waals surface area (Å²) < 4.78 is 6.36. The highest BCUT2D eigenvalue weighted by Gasteiger charge is 2.48. The van der Waals surface area contributed by atoms with Crippen LogP contribution in [0.1, 0.15) is 35.2 Å². The summed E-state index contributed by atoms with van der Waals surface area (Å²) in [5.41, 5.74) is 3.58. The Morgan fingerprint density at radius 3 is 2.56 bits per heavy atom. The van der Waals surface area contributed by atoms with E-state index in [1.54, 1.807) is 42.5 Å². The van der Waals surface area contributed by atoms with E-state index < -0.39 is 17.7 Å². The molecular formula is C28H23ClN2O4S. The number of Topliss-reactive ketones (excluding diaryl/α,β-unsaturated/α-hetero) is 1. The van der Waals surface area contributed by atoms with Crippen LogP contribution in [-0.2, 0) is 9.59 Å². The zero-order valence-corrected chi connectivity index (χ0v) is 21.5. The molecule has 0 radical (unpaired) electrons. The highest BCUT2D eigenvalue weighted by Crippen LogP contribution is 2.45. The first-order chi connectivity index (χ1) is 17.3. The first-order valence-corrected chi connectivity index (χ1v) is 12.7. The minimum atomic E-state index is -0.864. The predicted octanol–water partition coefficient (Wildman–Crippen LogP) is 6.59. The SMILES string of the molecule is CCOc1ccc(C2C(=C(O)c3cc(C)ccc3C)C(=O)C(=O)N2c2nc3ccc(Cl)cc3s2)cc1. The van der Waals surface area contributed by atoms with Crippen LogP contribution in [0.5, 0.6) is 5.75 Å². The number of rotatable bonds is 5. The van der Waals surface area contributed by atoms with E-state index >= 15 is 0 Å². The van der Waals surface area contributed by atoms with Gasteiger partial charge in [0.05, 0.1) is 28.4 Å². The van der Waals surface area contributed by atoms with Gasteiger partial charge in [-0.3, -0.25) is 14.5 Å². The number of carbonyl (C=O) groups excluding carboxylic acids is 2. The quantitative estimate of drug-likeness (QED) is 0.183. The van der Waals surface area contributed by atoms with Gasteiger partial charge in [0.15, 0.2) is 5.13 Å². The number of hydrogen-bond donors (Lipinski definition) is 1. The highest BCUT2D eigenvalue weighted by atomic mass is 35.5. The number of thiazole rings is 1. The lowest BCUT2D eigenvalue weighted by Crippen LogP contribution is -2.29. The molecule has 1 atom stereocenters. The van der Waals surface area contributed by atoms with Crippen LogP contribution < -0.4 is 9.64 Å². The molecule has 3 aromatic carbocycles. The van der Waals surface area contributed by atoms with Gasteiger partial charge >= 0.3 is 5.91 Å². The molecule has 8 heteroatoms. The number of halogens is 1. The summed E-state index contributed by atoms with van der Waals surface area (Å²) in [6.07, 6.45) is 0. The van der Waals surface area contributed by atoms with E-state index in [-0.39, 0.29) is 11.3 Å². The molecule has 0 saturated carbocycles. The molecule has 1 aliphatic rings. The van der Waals surface area contributed by atoms with Crippen molar-refractivity contribution < 1.29 is 19.4 Å². The summed E-state index contributed by atoms with van der Waals surface area (Å²) in [7, 11) is 0. The van der Waals surface area contributed by atoms with Crippen molar-refractivity contribution in [2.24, 2.45) is 0 Å². The molecular weight excluding hydrogens is 496 g/mol. The molecule has 182 valence electrons. The average molecular weight is 519 g/mol. The van der Waals surface area contributed by atoms with Crippen molar-refractivity contribution in [1.82, 2.24) is 4.98 Å². The number of aliphatic hydroxyl groups excluding tert-OH is 1. The smallest absolute Gasteiger partial charge is 0.301 e. The fourth-order valence-corrected chi connectivity index (χ4v) is 5.65. The Balaban J connectivity index is 1.73. The largest absolute Gasteiger partial charge is 0.507 e. The Hall–Kier alpha value is -3.68. The lowest BCUT2D eigenvalue weighted by molar-refractivity contribution is -0.132. The Bertz CT molecular complexity index is 1540. The second-order valence-corrected chi connectivity index (χ2v) is 10.0. The first kappa shape index (κ1) is 24.0.